The van der Waals surface area contributed by atoms with E-state index in [4.69, 9.17) is 0 Å². The highest BCUT2D eigenvalue weighted by molar-refractivity contribution is 7.13. The van der Waals surface area contributed by atoms with Crippen molar-refractivity contribution in [1.82, 2.24) is 4.98 Å². The maximum Gasteiger partial charge on any atom is 0.307 e. The minimum Gasteiger partial charge on any atom is -0.481 e. The van der Waals surface area contributed by atoms with Gasteiger partial charge in [-0.05, 0) is 37.1 Å². The lowest BCUT2D eigenvalue weighted by Gasteiger charge is -2.24. The Kier molecular flexibility index (Phi) is 5.43. The first-order valence-electron chi connectivity index (χ1n) is 8.04. The number of amides is 2. The third-order valence-electron chi connectivity index (χ3n) is 4.15. The zero-order valence-corrected chi connectivity index (χ0v) is 14.5. The van der Waals surface area contributed by atoms with Gasteiger partial charge in [-0.3, -0.25) is 19.7 Å². The Bertz CT molecular complexity index is 831. The van der Waals surface area contributed by atoms with Crippen LogP contribution in [0.4, 0.5) is 10.8 Å². The molecule has 26 heavy (non-hydrogen) atoms. The van der Waals surface area contributed by atoms with Crippen LogP contribution in [0.1, 0.15) is 23.2 Å². The highest BCUT2D eigenvalue weighted by Gasteiger charge is 2.33. The summed E-state index contributed by atoms with van der Waals surface area (Å²) in [6.45, 7) is 0. The molecule has 3 rings (SSSR count). The van der Waals surface area contributed by atoms with Crippen LogP contribution in [-0.2, 0) is 9.59 Å². The standard InChI is InChI=1S/C18H17N3O4S/c22-15(21-18-19-9-10-26-18)11-5-7-12(8-6-11)20-16(23)13-3-1-2-4-14(13)17(24)25/h1-2,5-10,13-14H,3-4H2,(H,20,23)(H,24,25)(H,19,21,22)/t13-,14-/m1/s1. The molecule has 3 N–H and O–H groups in total. The minimum atomic E-state index is -0.969. The zero-order chi connectivity index (χ0) is 18.5. The lowest BCUT2D eigenvalue weighted by atomic mass is 9.82. The van der Waals surface area contributed by atoms with Crippen LogP contribution >= 0.6 is 11.3 Å². The van der Waals surface area contributed by atoms with Crippen molar-refractivity contribution in [2.75, 3.05) is 10.6 Å². The molecule has 0 fully saturated rings. The molecule has 1 aromatic heterocycles. The molecule has 1 heterocycles. The topological polar surface area (TPSA) is 108 Å². The molecule has 1 aliphatic carbocycles. The second kappa shape index (κ2) is 7.92. The molecule has 0 aliphatic heterocycles. The summed E-state index contributed by atoms with van der Waals surface area (Å²) in [4.78, 5) is 39.8. The van der Waals surface area contributed by atoms with Crippen molar-refractivity contribution < 1.29 is 19.5 Å². The molecule has 0 saturated carbocycles. The normalized spacial score (nSPS) is 18.9. The predicted molar refractivity (Wildman–Crippen MR) is 98.1 cm³/mol. The largest absolute Gasteiger partial charge is 0.481 e. The number of hydrogen-bond donors (Lipinski definition) is 3. The van der Waals surface area contributed by atoms with Crippen LogP contribution in [-0.4, -0.2) is 27.9 Å². The molecule has 1 aliphatic rings. The number of allylic oxidation sites excluding steroid dienone is 2. The zero-order valence-electron chi connectivity index (χ0n) is 13.7. The van der Waals surface area contributed by atoms with E-state index < -0.39 is 17.8 Å². The number of hydrogen-bond acceptors (Lipinski definition) is 5. The Morgan fingerprint density at radius 3 is 2.35 bits per heavy atom. The van der Waals surface area contributed by atoms with Gasteiger partial charge in [0.1, 0.15) is 0 Å². The van der Waals surface area contributed by atoms with E-state index in [-0.39, 0.29) is 11.8 Å². The highest BCUT2D eigenvalue weighted by atomic mass is 32.1. The van der Waals surface area contributed by atoms with Gasteiger partial charge in [0.15, 0.2) is 5.13 Å². The van der Waals surface area contributed by atoms with Crippen LogP contribution in [0.2, 0.25) is 0 Å². The molecule has 2 atom stereocenters. The predicted octanol–water partition coefficient (Wildman–Crippen LogP) is 3.00. The second-order valence-corrected chi connectivity index (χ2v) is 6.75. The van der Waals surface area contributed by atoms with E-state index in [1.807, 2.05) is 6.08 Å². The average molecular weight is 371 g/mol. The molecular formula is C18H17N3O4S. The van der Waals surface area contributed by atoms with E-state index in [2.05, 4.69) is 15.6 Å². The number of anilines is 2. The van der Waals surface area contributed by atoms with Crippen molar-refractivity contribution >= 4 is 39.9 Å². The van der Waals surface area contributed by atoms with E-state index in [1.165, 1.54) is 11.3 Å². The van der Waals surface area contributed by atoms with Crippen LogP contribution in [0.3, 0.4) is 0 Å². The minimum absolute atomic E-state index is 0.291. The Hall–Kier alpha value is -3.00. The molecule has 0 spiro atoms. The Morgan fingerprint density at radius 1 is 1.04 bits per heavy atom. The SMILES string of the molecule is O=C(Nc1nccs1)c1ccc(NC(=O)[C@@H]2CC=CC[C@H]2C(=O)O)cc1. The maximum absolute atomic E-state index is 12.4. The number of aromatic nitrogens is 1. The lowest BCUT2D eigenvalue weighted by Crippen LogP contribution is -2.34. The number of benzene rings is 1. The number of thiazole rings is 1. The van der Waals surface area contributed by atoms with Crippen LogP contribution in [0, 0.1) is 11.8 Å². The Labute approximate surface area is 153 Å². The van der Waals surface area contributed by atoms with Gasteiger partial charge in [0.05, 0.1) is 11.8 Å². The first-order chi connectivity index (χ1) is 12.5. The fraction of sp³-hybridized carbons (Fsp3) is 0.222. The monoisotopic (exact) mass is 371 g/mol. The van der Waals surface area contributed by atoms with Crippen molar-refractivity contribution in [2.45, 2.75) is 12.8 Å². The van der Waals surface area contributed by atoms with E-state index >= 15 is 0 Å². The van der Waals surface area contributed by atoms with Gasteiger partial charge in [-0.2, -0.15) is 0 Å². The Morgan fingerprint density at radius 2 is 1.73 bits per heavy atom. The summed E-state index contributed by atoms with van der Waals surface area (Å²) in [5, 5.41) is 16.9. The molecule has 8 heteroatoms. The summed E-state index contributed by atoms with van der Waals surface area (Å²) >= 11 is 1.32. The summed E-state index contributed by atoms with van der Waals surface area (Å²) in [5.74, 6) is -2.92. The van der Waals surface area contributed by atoms with Crippen LogP contribution in [0.25, 0.3) is 0 Å². The molecular weight excluding hydrogens is 354 g/mol. The van der Waals surface area contributed by atoms with Gasteiger partial charge in [0, 0.05) is 22.8 Å². The maximum atomic E-state index is 12.4. The van der Waals surface area contributed by atoms with Crippen molar-refractivity contribution in [1.29, 1.82) is 0 Å². The summed E-state index contributed by atoms with van der Waals surface area (Å²) in [5.41, 5.74) is 0.946. The number of rotatable bonds is 5. The fourth-order valence-corrected chi connectivity index (χ4v) is 3.30. The third-order valence-corrected chi connectivity index (χ3v) is 4.84. The van der Waals surface area contributed by atoms with Gasteiger partial charge in [0.2, 0.25) is 5.91 Å². The van der Waals surface area contributed by atoms with Crippen molar-refractivity contribution in [3.8, 4) is 0 Å². The summed E-state index contributed by atoms with van der Waals surface area (Å²) < 4.78 is 0. The highest BCUT2D eigenvalue weighted by Crippen LogP contribution is 2.27. The fourth-order valence-electron chi connectivity index (χ4n) is 2.77. The van der Waals surface area contributed by atoms with E-state index in [9.17, 15) is 19.5 Å². The van der Waals surface area contributed by atoms with E-state index in [1.54, 1.807) is 41.9 Å². The first-order valence-corrected chi connectivity index (χ1v) is 8.92. The van der Waals surface area contributed by atoms with Crippen LogP contribution in [0.15, 0.2) is 48.0 Å². The number of nitrogens with zero attached hydrogens (tertiary/aromatic N) is 1. The number of carbonyl (C=O) groups excluding carboxylic acids is 2. The average Bonchev–Trinajstić information content (AvgIpc) is 3.15. The van der Waals surface area contributed by atoms with Gasteiger partial charge >= 0.3 is 5.97 Å². The summed E-state index contributed by atoms with van der Waals surface area (Å²) in [6, 6.07) is 6.41. The summed E-state index contributed by atoms with van der Waals surface area (Å²) in [6.07, 6.45) is 5.97. The van der Waals surface area contributed by atoms with Crippen molar-refractivity contribution in [3.63, 3.8) is 0 Å². The number of carbonyl (C=O) groups is 3. The quantitative estimate of drug-likeness (QED) is 0.700. The molecule has 7 nitrogen and oxygen atoms in total. The molecule has 0 bridgehead atoms. The third kappa shape index (κ3) is 4.15. The van der Waals surface area contributed by atoms with Gasteiger partial charge in [-0.25, -0.2) is 4.98 Å². The van der Waals surface area contributed by atoms with Gasteiger partial charge in [-0.1, -0.05) is 12.2 Å². The summed E-state index contributed by atoms with van der Waals surface area (Å²) in [7, 11) is 0. The van der Waals surface area contributed by atoms with E-state index in [0.717, 1.165) is 0 Å². The first kappa shape index (κ1) is 17.8. The molecule has 0 radical (unpaired) electrons. The molecule has 0 unspecified atom stereocenters. The number of nitrogens with one attached hydrogen (secondary N) is 2. The number of carboxylic acid groups (broad SMARTS) is 1. The van der Waals surface area contributed by atoms with Crippen molar-refractivity contribution in [3.05, 3.63) is 53.6 Å². The van der Waals surface area contributed by atoms with Gasteiger partial charge in [0.25, 0.3) is 5.91 Å². The van der Waals surface area contributed by atoms with Crippen LogP contribution in [0.5, 0.6) is 0 Å². The molecule has 2 aromatic rings. The van der Waals surface area contributed by atoms with E-state index in [0.29, 0.717) is 29.2 Å². The molecule has 2 amide bonds. The number of carboxylic acids is 1. The molecule has 1 aromatic carbocycles. The molecule has 0 saturated heterocycles. The van der Waals surface area contributed by atoms with Crippen molar-refractivity contribution in [2.24, 2.45) is 11.8 Å². The Balaban J connectivity index is 1.63. The van der Waals surface area contributed by atoms with Gasteiger partial charge < -0.3 is 10.4 Å². The smallest absolute Gasteiger partial charge is 0.307 e. The molecule has 134 valence electrons. The van der Waals surface area contributed by atoms with Crippen LogP contribution < -0.4 is 10.6 Å². The lowest BCUT2D eigenvalue weighted by molar-refractivity contribution is -0.146. The number of aliphatic carboxylic acids is 1. The van der Waals surface area contributed by atoms with Gasteiger partial charge in [-0.15, -0.1) is 11.3 Å². The second-order valence-electron chi connectivity index (χ2n) is 5.85.